The highest BCUT2D eigenvalue weighted by atomic mass is 16.5. The number of hydrogen-bond acceptors (Lipinski definition) is 3. The van der Waals surface area contributed by atoms with Crippen molar-refractivity contribution >= 4 is 11.0 Å². The van der Waals surface area contributed by atoms with Crippen LogP contribution >= 0.6 is 0 Å². The summed E-state index contributed by atoms with van der Waals surface area (Å²) in [5.74, 6) is 2.19. The number of fused-ring (bicyclic) bond motifs is 1. The normalized spacial score (nSPS) is 25.3. The summed E-state index contributed by atoms with van der Waals surface area (Å²) in [6.07, 6.45) is 1.30. The number of methoxy groups -OCH3 is 1. The number of benzene rings is 1. The Balaban J connectivity index is 1.94. The fraction of sp³-hybridized carbons (Fsp3) is 0.500. The maximum absolute atomic E-state index is 11.9. The van der Waals surface area contributed by atoms with Crippen LogP contribution in [-0.4, -0.2) is 20.2 Å². The van der Waals surface area contributed by atoms with E-state index >= 15 is 0 Å². The van der Waals surface area contributed by atoms with Gasteiger partial charge in [-0.3, -0.25) is 0 Å². The predicted molar refractivity (Wildman–Crippen MR) is 86.4 cm³/mol. The lowest BCUT2D eigenvalue weighted by molar-refractivity contribution is -0.925. The van der Waals surface area contributed by atoms with Crippen LogP contribution < -0.4 is 15.3 Å². The first kappa shape index (κ1) is 15.1. The minimum atomic E-state index is -0.284. The summed E-state index contributed by atoms with van der Waals surface area (Å²) in [6.45, 7) is 7.85. The lowest BCUT2D eigenvalue weighted by atomic mass is 9.91. The molecule has 4 nitrogen and oxygen atoms in total. The van der Waals surface area contributed by atoms with E-state index in [9.17, 15) is 4.79 Å². The van der Waals surface area contributed by atoms with E-state index < -0.39 is 0 Å². The summed E-state index contributed by atoms with van der Waals surface area (Å²) in [5, 5.41) is 1.01. The molecule has 0 amide bonds. The van der Waals surface area contributed by atoms with Crippen LogP contribution in [0.25, 0.3) is 11.0 Å². The van der Waals surface area contributed by atoms with Gasteiger partial charge in [0.2, 0.25) is 0 Å². The monoisotopic (exact) mass is 302 g/mol. The van der Waals surface area contributed by atoms with Crippen molar-refractivity contribution in [3.63, 3.8) is 0 Å². The summed E-state index contributed by atoms with van der Waals surface area (Å²) < 4.78 is 10.5. The summed E-state index contributed by atoms with van der Waals surface area (Å²) in [5.41, 5.74) is 1.40. The van der Waals surface area contributed by atoms with Gasteiger partial charge in [0.05, 0.1) is 20.2 Å². The average molecular weight is 302 g/mol. The third-order valence-corrected chi connectivity index (χ3v) is 4.56. The molecule has 4 heteroatoms. The maximum atomic E-state index is 11.9. The van der Waals surface area contributed by atoms with E-state index in [1.807, 2.05) is 12.1 Å². The third-order valence-electron chi connectivity index (χ3n) is 4.56. The first-order valence-corrected chi connectivity index (χ1v) is 7.99. The van der Waals surface area contributed by atoms with E-state index in [2.05, 4.69) is 13.8 Å². The van der Waals surface area contributed by atoms with Crippen LogP contribution in [-0.2, 0) is 6.54 Å². The van der Waals surface area contributed by atoms with Gasteiger partial charge in [-0.2, -0.15) is 0 Å². The fourth-order valence-electron chi connectivity index (χ4n) is 3.82. The zero-order chi connectivity index (χ0) is 15.7. The highest BCUT2D eigenvalue weighted by Gasteiger charge is 2.25. The minimum Gasteiger partial charge on any atom is -0.497 e. The summed E-state index contributed by atoms with van der Waals surface area (Å²) >= 11 is 0. The van der Waals surface area contributed by atoms with Crippen LogP contribution in [0.15, 0.2) is 33.5 Å². The second kappa shape index (κ2) is 6.13. The van der Waals surface area contributed by atoms with Gasteiger partial charge < -0.3 is 14.1 Å². The largest absolute Gasteiger partial charge is 0.497 e. The van der Waals surface area contributed by atoms with E-state index in [1.54, 1.807) is 24.1 Å². The van der Waals surface area contributed by atoms with E-state index in [1.165, 1.54) is 19.5 Å². The minimum absolute atomic E-state index is 0.284. The molecule has 22 heavy (non-hydrogen) atoms. The van der Waals surface area contributed by atoms with Crippen molar-refractivity contribution < 1.29 is 14.1 Å². The number of hydrogen-bond donors (Lipinski definition) is 1. The topological polar surface area (TPSA) is 43.9 Å². The standard InChI is InChI=1S/C18H23NO3/c1-12-6-13(2)10-19(9-12)11-14-7-18(20)22-17-8-15(21-3)4-5-16(14)17/h4-5,7-8,12-13H,6,9-11H2,1-3H3/p+1/t12-,13-/m1/s1. The van der Waals surface area contributed by atoms with Gasteiger partial charge in [0.15, 0.2) is 0 Å². The van der Waals surface area contributed by atoms with E-state index in [0.29, 0.717) is 11.3 Å². The Kier molecular flexibility index (Phi) is 4.21. The predicted octanol–water partition coefficient (Wildman–Crippen LogP) is 1.86. The smallest absolute Gasteiger partial charge is 0.336 e. The van der Waals surface area contributed by atoms with Crippen molar-refractivity contribution in [3.05, 3.63) is 40.2 Å². The number of nitrogens with one attached hydrogen (secondary N) is 1. The quantitative estimate of drug-likeness (QED) is 0.880. The molecule has 1 aliphatic rings. The first-order valence-electron chi connectivity index (χ1n) is 7.99. The van der Waals surface area contributed by atoms with Crippen molar-refractivity contribution in [2.75, 3.05) is 20.2 Å². The van der Waals surface area contributed by atoms with E-state index in [0.717, 1.165) is 29.3 Å². The number of quaternary nitrogens is 1. The Morgan fingerprint density at radius 3 is 2.64 bits per heavy atom. The van der Waals surface area contributed by atoms with Gasteiger partial charge in [-0.05, 0) is 18.6 Å². The van der Waals surface area contributed by atoms with Gasteiger partial charge in [-0.1, -0.05) is 13.8 Å². The second-order valence-corrected chi connectivity index (χ2v) is 6.73. The molecule has 1 saturated heterocycles. The highest BCUT2D eigenvalue weighted by molar-refractivity contribution is 5.81. The van der Waals surface area contributed by atoms with Crippen molar-refractivity contribution in [1.82, 2.24) is 0 Å². The van der Waals surface area contributed by atoms with Crippen LogP contribution in [0, 0.1) is 11.8 Å². The highest BCUT2D eigenvalue weighted by Crippen LogP contribution is 2.22. The van der Waals surface area contributed by atoms with Crippen molar-refractivity contribution in [1.29, 1.82) is 0 Å². The fourth-order valence-corrected chi connectivity index (χ4v) is 3.82. The van der Waals surface area contributed by atoms with E-state index in [4.69, 9.17) is 9.15 Å². The first-order chi connectivity index (χ1) is 10.5. The molecule has 3 rings (SSSR count). The van der Waals surface area contributed by atoms with Crippen LogP contribution in [0.2, 0.25) is 0 Å². The molecule has 1 N–H and O–H groups in total. The second-order valence-electron chi connectivity index (χ2n) is 6.73. The van der Waals surface area contributed by atoms with Gasteiger partial charge in [0.25, 0.3) is 0 Å². The molecule has 0 saturated carbocycles. The molecule has 2 aromatic rings. The zero-order valence-electron chi connectivity index (χ0n) is 13.5. The number of likely N-dealkylation sites (tertiary alicyclic amines) is 1. The SMILES string of the molecule is COc1ccc2c(C[NH+]3C[C@H](C)C[C@@H](C)C3)cc(=O)oc2c1. The van der Waals surface area contributed by atoms with Gasteiger partial charge in [-0.25, -0.2) is 4.79 Å². The Bertz CT molecular complexity index is 712. The summed E-state index contributed by atoms with van der Waals surface area (Å²) in [7, 11) is 1.61. The lowest BCUT2D eigenvalue weighted by Crippen LogP contribution is -3.13. The van der Waals surface area contributed by atoms with Crippen LogP contribution in [0.4, 0.5) is 0 Å². The molecular weight excluding hydrogens is 278 g/mol. The van der Waals surface area contributed by atoms with Gasteiger partial charge in [-0.15, -0.1) is 0 Å². The van der Waals surface area contributed by atoms with Crippen LogP contribution in [0.5, 0.6) is 5.75 Å². The lowest BCUT2D eigenvalue weighted by Gasteiger charge is -2.32. The molecule has 2 heterocycles. The average Bonchev–Trinajstić information content (AvgIpc) is 2.45. The molecule has 0 aliphatic carbocycles. The summed E-state index contributed by atoms with van der Waals surface area (Å²) in [4.78, 5) is 13.4. The molecule has 1 aliphatic heterocycles. The van der Waals surface area contributed by atoms with Crippen molar-refractivity contribution in [2.45, 2.75) is 26.8 Å². The third kappa shape index (κ3) is 3.17. The van der Waals surface area contributed by atoms with Gasteiger partial charge in [0, 0.05) is 34.9 Å². The number of ether oxygens (including phenoxy) is 1. The Hall–Kier alpha value is -1.81. The molecule has 0 unspecified atom stereocenters. The van der Waals surface area contributed by atoms with Crippen LogP contribution in [0.1, 0.15) is 25.8 Å². The van der Waals surface area contributed by atoms with Crippen molar-refractivity contribution in [2.24, 2.45) is 11.8 Å². The molecule has 2 atom stereocenters. The maximum Gasteiger partial charge on any atom is 0.336 e. The molecule has 0 bridgehead atoms. The molecular formula is C18H24NO3+. The molecule has 0 spiro atoms. The van der Waals surface area contributed by atoms with E-state index in [-0.39, 0.29) is 5.63 Å². The van der Waals surface area contributed by atoms with Crippen molar-refractivity contribution in [3.8, 4) is 5.75 Å². The molecule has 1 aromatic carbocycles. The van der Waals surface area contributed by atoms with Gasteiger partial charge in [0.1, 0.15) is 17.9 Å². The zero-order valence-corrected chi connectivity index (χ0v) is 13.5. The number of piperidine rings is 1. The van der Waals surface area contributed by atoms with Gasteiger partial charge >= 0.3 is 5.63 Å². The van der Waals surface area contributed by atoms with Crippen LogP contribution in [0.3, 0.4) is 0 Å². The Morgan fingerprint density at radius 1 is 1.23 bits per heavy atom. The summed E-state index contributed by atoms with van der Waals surface area (Å²) in [6, 6.07) is 7.34. The molecule has 0 radical (unpaired) electrons. The Morgan fingerprint density at radius 2 is 1.95 bits per heavy atom. The molecule has 1 fully saturated rings. The molecule has 118 valence electrons. The Labute approximate surface area is 130 Å². The number of rotatable bonds is 3. The molecule has 1 aromatic heterocycles.